The zero-order valence-corrected chi connectivity index (χ0v) is 32.9. The fraction of sp³-hybridized carbons (Fsp3) is 0.435. The molecule has 2 heterocycles. The van der Waals surface area contributed by atoms with Gasteiger partial charge in [-0.3, -0.25) is 0 Å². The Bertz CT molecular complexity index is 1970. The SMILES string of the molecule is CCCCCCCCCCc1ccc2cc3[se]c4cc5c(cc4c3cc2c1)[se]c1cc2ccc(CCCCCCCCCC)cc2cc15. The van der Waals surface area contributed by atoms with Crippen molar-refractivity contribution in [3.63, 3.8) is 0 Å². The second-order valence-corrected chi connectivity index (χ2v) is 19.1. The van der Waals surface area contributed by atoms with Gasteiger partial charge in [0.25, 0.3) is 0 Å². The van der Waals surface area contributed by atoms with Crippen LogP contribution < -0.4 is 0 Å². The third kappa shape index (κ3) is 8.00. The number of fused-ring (bicyclic) bond motifs is 8. The van der Waals surface area contributed by atoms with E-state index in [1.54, 1.807) is 17.0 Å². The zero-order chi connectivity index (χ0) is 32.7. The van der Waals surface area contributed by atoms with E-state index in [4.69, 9.17) is 0 Å². The maximum atomic E-state index is 2.59. The van der Waals surface area contributed by atoms with Crippen molar-refractivity contribution >= 4 is 89.1 Å². The van der Waals surface area contributed by atoms with Gasteiger partial charge in [0.2, 0.25) is 0 Å². The topological polar surface area (TPSA) is 0 Å². The Balaban J connectivity index is 1.08. The van der Waals surface area contributed by atoms with E-state index in [0.717, 1.165) is 0 Å². The van der Waals surface area contributed by atoms with Crippen LogP contribution in [0.5, 0.6) is 0 Å². The first kappa shape index (κ1) is 34.1. The quantitative estimate of drug-likeness (QED) is 0.0603. The molecule has 0 amide bonds. The van der Waals surface area contributed by atoms with Crippen molar-refractivity contribution in [2.75, 3.05) is 0 Å². The first-order valence-corrected chi connectivity index (χ1v) is 22.8. The molecule has 0 radical (unpaired) electrons. The molecule has 0 spiro atoms. The summed E-state index contributed by atoms with van der Waals surface area (Å²) in [6.45, 7) is 4.60. The molecule has 0 N–H and O–H groups in total. The molecule has 0 saturated carbocycles. The van der Waals surface area contributed by atoms with Crippen molar-refractivity contribution in [3.8, 4) is 0 Å². The van der Waals surface area contributed by atoms with Crippen LogP contribution in [0.4, 0.5) is 0 Å². The van der Waals surface area contributed by atoms with E-state index < -0.39 is 0 Å². The predicted octanol–water partition coefficient (Wildman–Crippen LogP) is 14.1. The Hall–Kier alpha value is -2.34. The average Bonchev–Trinajstić information content (AvgIpc) is 3.63. The molecule has 0 nitrogen and oxygen atoms in total. The van der Waals surface area contributed by atoms with Gasteiger partial charge in [-0.25, -0.2) is 0 Å². The number of hydrogen-bond acceptors (Lipinski definition) is 0. The molecule has 48 heavy (non-hydrogen) atoms. The van der Waals surface area contributed by atoms with Crippen LogP contribution in [0.15, 0.2) is 72.8 Å². The van der Waals surface area contributed by atoms with E-state index in [2.05, 4.69) is 86.6 Å². The summed E-state index contributed by atoms with van der Waals surface area (Å²) in [6.07, 6.45) is 24.6. The van der Waals surface area contributed by atoms with E-state index in [0.29, 0.717) is 29.0 Å². The monoisotopic (exact) mass is 766 g/mol. The average molecular weight is 765 g/mol. The molecule has 0 unspecified atom stereocenters. The number of aryl methyl sites for hydroxylation is 2. The zero-order valence-electron chi connectivity index (χ0n) is 29.5. The number of benzene rings is 5. The van der Waals surface area contributed by atoms with Crippen molar-refractivity contribution < 1.29 is 0 Å². The van der Waals surface area contributed by atoms with Gasteiger partial charge in [0.15, 0.2) is 0 Å². The molecule has 0 fully saturated rings. The summed E-state index contributed by atoms with van der Waals surface area (Å²) in [7, 11) is 0. The molecule has 7 aromatic rings. The summed E-state index contributed by atoms with van der Waals surface area (Å²) in [4.78, 5) is 0. The number of unbranched alkanes of at least 4 members (excludes halogenated alkanes) is 14. The minimum atomic E-state index is 0.374. The summed E-state index contributed by atoms with van der Waals surface area (Å²) >= 11 is 0.749. The van der Waals surface area contributed by atoms with E-state index >= 15 is 0 Å². The van der Waals surface area contributed by atoms with Crippen molar-refractivity contribution in [1.82, 2.24) is 0 Å². The van der Waals surface area contributed by atoms with Gasteiger partial charge in [-0.05, 0) is 0 Å². The van der Waals surface area contributed by atoms with Crippen molar-refractivity contribution in [1.29, 1.82) is 0 Å². The molecule has 0 bridgehead atoms. The summed E-state index contributed by atoms with van der Waals surface area (Å²) in [5.41, 5.74) is 3.02. The van der Waals surface area contributed by atoms with Crippen LogP contribution in [0.25, 0.3) is 60.1 Å². The second-order valence-electron chi connectivity index (χ2n) is 14.6. The van der Waals surface area contributed by atoms with Gasteiger partial charge in [0.05, 0.1) is 0 Å². The van der Waals surface area contributed by atoms with Crippen LogP contribution in [0.2, 0.25) is 0 Å². The van der Waals surface area contributed by atoms with Crippen LogP contribution in [0.1, 0.15) is 128 Å². The van der Waals surface area contributed by atoms with E-state index in [-0.39, 0.29) is 0 Å². The molecule has 250 valence electrons. The van der Waals surface area contributed by atoms with Crippen molar-refractivity contribution in [3.05, 3.63) is 83.9 Å². The molecular weight excluding hydrogens is 710 g/mol. The normalized spacial score (nSPS) is 12.2. The molecule has 2 heteroatoms. The third-order valence-corrected chi connectivity index (χ3v) is 15.4. The first-order chi connectivity index (χ1) is 23.7. The van der Waals surface area contributed by atoms with Crippen LogP contribution in [0.3, 0.4) is 0 Å². The van der Waals surface area contributed by atoms with Crippen LogP contribution >= 0.6 is 0 Å². The molecule has 0 aliphatic heterocycles. The van der Waals surface area contributed by atoms with Gasteiger partial charge in [-0.1, -0.05) is 52.4 Å². The second kappa shape index (κ2) is 16.6. The summed E-state index contributed by atoms with van der Waals surface area (Å²) in [6, 6.07) is 29.8. The molecule has 0 aliphatic carbocycles. The van der Waals surface area contributed by atoms with E-state index in [1.165, 1.54) is 170 Å². The Morgan fingerprint density at radius 3 is 1.10 bits per heavy atom. The van der Waals surface area contributed by atoms with Gasteiger partial charge < -0.3 is 0 Å². The van der Waals surface area contributed by atoms with Crippen molar-refractivity contribution in [2.45, 2.75) is 129 Å². The Labute approximate surface area is 300 Å². The number of hydrogen-bond donors (Lipinski definition) is 0. The fourth-order valence-electron chi connectivity index (χ4n) is 7.87. The summed E-state index contributed by atoms with van der Waals surface area (Å²) in [5, 5.41) is 11.7. The van der Waals surface area contributed by atoms with Crippen LogP contribution in [0, 0.1) is 0 Å². The van der Waals surface area contributed by atoms with Crippen molar-refractivity contribution in [2.24, 2.45) is 0 Å². The van der Waals surface area contributed by atoms with Gasteiger partial charge in [0.1, 0.15) is 0 Å². The van der Waals surface area contributed by atoms with Gasteiger partial charge >= 0.3 is 250 Å². The number of rotatable bonds is 18. The molecule has 2 aromatic heterocycles. The molecule has 7 rings (SSSR count). The Kier molecular flexibility index (Phi) is 11.8. The minimum absolute atomic E-state index is 0.374. The van der Waals surface area contributed by atoms with Gasteiger partial charge in [-0.15, -0.1) is 0 Å². The molecule has 5 aromatic carbocycles. The standard InChI is InChI=1S/C46H54Se2/c1-3-5-7-9-11-13-15-17-19-33-21-23-35-29-43-39(27-37(35)25-33)41-31-46-42(32-45(41)47-43)40-28-38-26-34(22-24-36(38)30-44(40)48-46)20-18-16-14-12-10-8-6-4-2/h21-32H,3-20H2,1-2H3. The third-order valence-electron chi connectivity index (χ3n) is 10.7. The Morgan fingerprint density at radius 2 is 0.688 bits per heavy atom. The first-order valence-electron chi connectivity index (χ1n) is 19.4. The molecule has 0 saturated heterocycles. The van der Waals surface area contributed by atoms with Crippen LogP contribution in [-0.2, 0) is 12.8 Å². The fourth-order valence-corrected chi connectivity index (χ4v) is 12.7. The summed E-state index contributed by atoms with van der Waals surface area (Å²) in [5.74, 6) is 0. The van der Waals surface area contributed by atoms with Gasteiger partial charge in [-0.2, -0.15) is 0 Å². The molecule has 0 aliphatic rings. The van der Waals surface area contributed by atoms with Crippen LogP contribution in [-0.4, -0.2) is 29.0 Å². The predicted molar refractivity (Wildman–Crippen MR) is 218 cm³/mol. The maximum absolute atomic E-state index is 2.59. The Morgan fingerprint density at radius 1 is 0.333 bits per heavy atom. The van der Waals surface area contributed by atoms with E-state index in [9.17, 15) is 0 Å². The van der Waals surface area contributed by atoms with E-state index in [1.807, 2.05) is 0 Å². The molecular formula is C46H54Se2. The summed E-state index contributed by atoms with van der Waals surface area (Å²) < 4.78 is 6.30. The van der Waals surface area contributed by atoms with Gasteiger partial charge in [0, 0.05) is 0 Å². The molecule has 0 atom stereocenters.